The number of ketones is 1. The Balaban J connectivity index is 2.46. The number of phenolic OH excluding ortho intramolecular Hbond substituents is 1. The summed E-state index contributed by atoms with van der Waals surface area (Å²) < 4.78 is 23.1. The Morgan fingerprint density at radius 1 is 0.714 bits per heavy atom. The molecule has 1 aliphatic rings. The zero-order valence-electron chi connectivity index (χ0n) is 24.0. The van der Waals surface area contributed by atoms with E-state index in [0.29, 0.717) is 38.4 Å². The summed E-state index contributed by atoms with van der Waals surface area (Å²) in [6.07, 6.45) is 2.99. The summed E-state index contributed by atoms with van der Waals surface area (Å²) in [5.74, 6) is 0.736. The highest BCUT2D eigenvalue weighted by Crippen LogP contribution is 2.59. The molecule has 4 N–H and O–H groups in total. The van der Waals surface area contributed by atoms with Gasteiger partial charge < -0.3 is 39.4 Å². The van der Waals surface area contributed by atoms with Crippen molar-refractivity contribution >= 4 is 28.6 Å². The number of aliphatic hydroxyl groups is 3. The van der Waals surface area contributed by atoms with Crippen molar-refractivity contribution in [3.8, 4) is 23.0 Å². The molecule has 0 amide bonds. The minimum absolute atomic E-state index is 0.103. The Kier molecular flexibility index (Phi) is 9.81. The second kappa shape index (κ2) is 13.3. The maximum atomic E-state index is 12.8. The first-order chi connectivity index (χ1) is 20.3. The maximum absolute atomic E-state index is 12.8. The summed E-state index contributed by atoms with van der Waals surface area (Å²) in [5, 5.41) is 44.6. The Morgan fingerprint density at radius 3 is 1.79 bits per heavy atom. The number of rotatable bonds is 11. The summed E-state index contributed by atoms with van der Waals surface area (Å²) in [7, 11) is 5.87. The van der Waals surface area contributed by atoms with Gasteiger partial charge in [-0.05, 0) is 52.7 Å². The number of methoxy groups -OCH3 is 4. The maximum Gasteiger partial charge on any atom is 0.182 e. The molecule has 0 heterocycles. The van der Waals surface area contributed by atoms with Crippen molar-refractivity contribution in [3.63, 3.8) is 0 Å². The largest absolute Gasteiger partial charge is 0.508 e. The van der Waals surface area contributed by atoms with Gasteiger partial charge in [-0.2, -0.15) is 0 Å². The van der Waals surface area contributed by atoms with E-state index in [1.165, 1.54) is 52.7 Å². The summed E-state index contributed by atoms with van der Waals surface area (Å²) in [6, 6.07) is 15.9. The van der Waals surface area contributed by atoms with Gasteiger partial charge in [0.15, 0.2) is 5.78 Å². The number of allylic oxidation sites excluding steroid dienone is 3. The Morgan fingerprint density at radius 2 is 1.31 bits per heavy atom. The third-order valence-electron chi connectivity index (χ3n) is 7.21. The molecule has 3 aromatic carbocycles. The van der Waals surface area contributed by atoms with Gasteiger partial charge in [-0.15, -0.1) is 0 Å². The van der Waals surface area contributed by atoms with Crippen LogP contribution >= 0.6 is 6.89 Å². The second-order valence-electron chi connectivity index (χ2n) is 9.55. The van der Waals surface area contributed by atoms with Crippen LogP contribution in [0.4, 0.5) is 0 Å². The fraction of sp³-hybridized carbons (Fsp3) is 0.250. The van der Waals surface area contributed by atoms with Crippen molar-refractivity contribution in [2.24, 2.45) is 0 Å². The first-order valence-corrected chi connectivity index (χ1v) is 15.1. The molecule has 0 fully saturated rings. The fourth-order valence-corrected chi connectivity index (χ4v) is 11.0. The lowest BCUT2D eigenvalue weighted by molar-refractivity contribution is -0.110. The average Bonchev–Trinajstić information content (AvgIpc) is 3.02. The molecule has 1 atom stereocenters. The van der Waals surface area contributed by atoms with E-state index in [4.69, 9.17) is 18.9 Å². The highest BCUT2D eigenvalue weighted by atomic mass is 31.2. The lowest BCUT2D eigenvalue weighted by Crippen LogP contribution is -2.34. The molecule has 1 unspecified atom stereocenters. The molecular weight excluding hydrogens is 559 g/mol. The zero-order valence-corrected chi connectivity index (χ0v) is 24.9. The molecule has 0 spiro atoms. The van der Waals surface area contributed by atoms with Gasteiger partial charge in [0, 0.05) is 29.7 Å². The van der Waals surface area contributed by atoms with E-state index in [-0.39, 0.29) is 35.0 Å². The highest BCUT2D eigenvalue weighted by Gasteiger charge is 2.41. The van der Waals surface area contributed by atoms with Crippen molar-refractivity contribution in [3.05, 3.63) is 94.8 Å². The molecular formula is C32H35O9P. The van der Waals surface area contributed by atoms with Crippen molar-refractivity contribution in [1.29, 1.82) is 0 Å². The molecule has 0 bridgehead atoms. The van der Waals surface area contributed by atoms with E-state index in [9.17, 15) is 25.2 Å². The molecule has 0 aliphatic heterocycles. The van der Waals surface area contributed by atoms with Gasteiger partial charge >= 0.3 is 0 Å². The van der Waals surface area contributed by atoms with Gasteiger partial charge in [0.1, 0.15) is 28.8 Å². The van der Waals surface area contributed by atoms with Crippen molar-refractivity contribution in [2.75, 3.05) is 35.0 Å². The molecule has 42 heavy (non-hydrogen) atoms. The zero-order chi connectivity index (χ0) is 30.4. The third-order valence-corrected chi connectivity index (χ3v) is 11.9. The number of ether oxygens (including phenoxy) is 4. The number of aliphatic hydroxyl groups excluding tert-OH is 3. The third kappa shape index (κ3) is 5.56. The first-order valence-electron chi connectivity index (χ1n) is 13.1. The van der Waals surface area contributed by atoms with Crippen LogP contribution in [0.5, 0.6) is 23.0 Å². The number of carbonyl (C=O) groups excluding carboxylic acids is 1. The normalized spacial score (nSPS) is 14.5. The lowest BCUT2D eigenvalue weighted by atomic mass is 10.0. The summed E-state index contributed by atoms with van der Waals surface area (Å²) >= 11 is 0. The summed E-state index contributed by atoms with van der Waals surface area (Å²) in [4.78, 5) is 12.8. The molecule has 0 aromatic heterocycles. The number of phenols is 1. The van der Waals surface area contributed by atoms with Gasteiger partial charge in [-0.3, -0.25) is 4.79 Å². The van der Waals surface area contributed by atoms with Gasteiger partial charge in [-0.1, -0.05) is 30.3 Å². The molecule has 0 saturated heterocycles. The molecule has 10 heteroatoms. The van der Waals surface area contributed by atoms with Crippen molar-refractivity contribution < 1.29 is 44.2 Å². The van der Waals surface area contributed by atoms with E-state index < -0.39 is 26.7 Å². The van der Waals surface area contributed by atoms with E-state index in [1.54, 1.807) is 12.1 Å². The van der Waals surface area contributed by atoms with Crippen LogP contribution in [0, 0.1) is 0 Å². The highest BCUT2D eigenvalue weighted by molar-refractivity contribution is 7.90. The van der Waals surface area contributed by atoms with Crippen LogP contribution in [-0.2, 0) is 28.9 Å². The Hall–Kier alpha value is -4.01. The minimum Gasteiger partial charge on any atom is -0.508 e. The van der Waals surface area contributed by atoms with E-state index in [2.05, 4.69) is 0 Å². The first kappa shape index (κ1) is 30.9. The van der Waals surface area contributed by atoms with Crippen LogP contribution < -0.4 is 24.8 Å². The van der Waals surface area contributed by atoms with Crippen LogP contribution in [0.2, 0.25) is 0 Å². The molecule has 0 saturated carbocycles. The van der Waals surface area contributed by atoms with Gasteiger partial charge in [0.2, 0.25) is 0 Å². The fourth-order valence-electron chi connectivity index (χ4n) is 5.61. The standard InChI is InChI=1S/C32H35O9P/c1-38-26-11-22(17-34)30(23(12-26)18-35)42(19-20-8-6-5-7-9-20,31-21(16-33)10-24(36)13-27(31)39-2)32-28(40-3)14-25(37)15-29(32)41-4/h5-15,33-35,37H,16-19H2,1-4H3. The summed E-state index contributed by atoms with van der Waals surface area (Å²) in [5.41, 5.74) is 2.10. The number of aromatic hydroxyl groups is 1. The average molecular weight is 595 g/mol. The van der Waals surface area contributed by atoms with E-state index in [0.717, 1.165) is 5.56 Å². The number of hydrogen-bond acceptors (Lipinski definition) is 9. The second-order valence-corrected chi connectivity index (χ2v) is 12.8. The number of benzene rings is 3. The van der Waals surface area contributed by atoms with Gasteiger partial charge in [-0.25, -0.2) is 0 Å². The number of hydrogen-bond donors (Lipinski definition) is 4. The van der Waals surface area contributed by atoms with Crippen molar-refractivity contribution in [1.82, 2.24) is 0 Å². The minimum atomic E-state index is -3.33. The van der Waals surface area contributed by atoms with E-state index in [1.807, 2.05) is 30.3 Å². The van der Waals surface area contributed by atoms with Gasteiger partial charge in [0.25, 0.3) is 0 Å². The van der Waals surface area contributed by atoms with Gasteiger partial charge in [0.05, 0.1) is 53.6 Å². The Labute approximate surface area is 244 Å². The van der Waals surface area contributed by atoms with Crippen molar-refractivity contribution in [2.45, 2.75) is 19.4 Å². The topological polar surface area (TPSA) is 135 Å². The monoisotopic (exact) mass is 594 g/mol. The molecule has 0 radical (unpaired) electrons. The molecule has 9 nitrogen and oxygen atoms in total. The quantitative estimate of drug-likeness (QED) is 0.247. The predicted molar refractivity (Wildman–Crippen MR) is 163 cm³/mol. The molecule has 4 rings (SSSR count). The lowest BCUT2D eigenvalue weighted by Gasteiger charge is -2.38. The molecule has 3 aromatic rings. The SMILES string of the molecule is COC1=CC(=O)C=C(CO)C1=P(Cc1ccccc1)(c1c(CO)cc(OC)cc1CO)c1c(OC)cc(O)cc1OC. The van der Waals surface area contributed by atoms with Crippen LogP contribution in [0.1, 0.15) is 16.7 Å². The summed E-state index contributed by atoms with van der Waals surface area (Å²) in [6.45, 7) is -4.67. The number of carbonyl (C=O) groups is 1. The van der Waals surface area contributed by atoms with Crippen LogP contribution in [0.3, 0.4) is 0 Å². The van der Waals surface area contributed by atoms with E-state index >= 15 is 0 Å². The van der Waals surface area contributed by atoms with Crippen LogP contribution in [0.15, 0.2) is 78.1 Å². The van der Waals surface area contributed by atoms with Crippen LogP contribution in [0.25, 0.3) is 0 Å². The molecule has 1 aliphatic carbocycles. The Bertz CT molecular complexity index is 1510. The molecule has 222 valence electrons. The van der Waals surface area contributed by atoms with Crippen LogP contribution in [-0.4, -0.2) is 66.5 Å². The smallest absolute Gasteiger partial charge is 0.182 e. The predicted octanol–water partition coefficient (Wildman–Crippen LogP) is 2.78.